The summed E-state index contributed by atoms with van der Waals surface area (Å²) in [5.74, 6) is -0.0233. The average molecular weight is 858 g/mol. The van der Waals surface area contributed by atoms with E-state index in [0.29, 0.717) is 0 Å². The number of amides is 1. The number of thioether (sulfide) groups is 2. The minimum Gasteiger partial charge on any atom is -0.326 e. The molecule has 0 saturated carbocycles. The Hall–Kier alpha value is -4.09. The zero-order chi connectivity index (χ0) is 41.9. The van der Waals surface area contributed by atoms with Gasteiger partial charge in [0.25, 0.3) is 0 Å². The summed E-state index contributed by atoms with van der Waals surface area (Å²) in [7, 11) is -7.57. The van der Waals surface area contributed by atoms with E-state index in [0.717, 1.165) is 27.3 Å². The molecule has 2 atom stereocenters. The minimum atomic E-state index is -5.84. The van der Waals surface area contributed by atoms with E-state index in [1.165, 1.54) is 11.3 Å². The molecule has 4 aliphatic rings. The molecule has 0 spiro atoms. The molecule has 1 amide bonds. The number of anilines is 1. The number of para-hydroxylation sites is 1. The Labute approximate surface area is 323 Å². The first-order chi connectivity index (χ1) is 25.3. The van der Waals surface area contributed by atoms with Gasteiger partial charge in [0.2, 0.25) is 5.91 Å². The normalized spacial score (nSPS) is 19.2. The molecule has 0 fully saturated rings. The van der Waals surface area contributed by atoms with Gasteiger partial charge in [0, 0.05) is 44.3 Å². The smallest absolute Gasteiger partial charge is 0.326 e. The number of hydrogen-bond donors (Lipinski definition) is 2. The Kier molecular flexibility index (Phi) is 16.8. The molecule has 5 rings (SSSR count). The van der Waals surface area contributed by atoms with E-state index in [2.05, 4.69) is 83.6 Å². The van der Waals surface area contributed by atoms with Crippen molar-refractivity contribution in [2.24, 2.45) is 9.98 Å². The average Bonchev–Trinajstić information content (AvgIpc) is 3.36. The van der Waals surface area contributed by atoms with E-state index in [9.17, 15) is 31.1 Å². The quantitative estimate of drug-likeness (QED) is 0.180. The lowest BCUT2D eigenvalue weighted by Gasteiger charge is -2.16. The molecule has 0 aromatic heterocycles. The van der Waals surface area contributed by atoms with Crippen LogP contribution in [0.5, 0.6) is 0 Å². The Bertz CT molecular complexity index is 2020. The van der Waals surface area contributed by atoms with Gasteiger partial charge in [-0.3, -0.25) is 18.8 Å². The van der Waals surface area contributed by atoms with Gasteiger partial charge in [0.15, 0.2) is 10.3 Å². The van der Waals surface area contributed by atoms with Crippen LogP contribution in [-0.4, -0.2) is 102 Å². The van der Waals surface area contributed by atoms with Crippen LogP contribution in [0.25, 0.3) is 0 Å². The molecule has 1 aromatic rings. The number of carbonyl (C=O) groups is 1. The second-order valence-electron chi connectivity index (χ2n) is 11.1. The third-order valence-electron chi connectivity index (χ3n) is 7.17. The van der Waals surface area contributed by atoms with Crippen molar-refractivity contribution in [2.75, 3.05) is 31.5 Å². The van der Waals surface area contributed by atoms with Gasteiger partial charge in [-0.1, -0.05) is 83.8 Å². The maximum Gasteiger partial charge on any atom is 0.522 e. The summed E-state index contributed by atoms with van der Waals surface area (Å²) in [5, 5.41) is 2.12. The monoisotopic (exact) mass is 857 g/mol. The number of aliphatic imine (C=N–C) groups is 2. The molecule has 1 aromatic carbocycles. The number of allylic oxidation sites excluding steroid dienone is 9. The Morgan fingerprint density at radius 2 is 1.20 bits per heavy atom. The molecule has 2 heterocycles. The summed E-state index contributed by atoms with van der Waals surface area (Å²) in [6.45, 7) is 3.67. The molecule has 0 radical (unpaired) electrons. The van der Waals surface area contributed by atoms with Gasteiger partial charge in [0.05, 0.1) is 0 Å². The SMILES string of the molecule is CSC1=NC2C=CC(C)=CC=C2N1C.CSC1=NC2C=CC(C=CN(C(C)=O)c3ccccc3)=CC=C2N1C.O=S(=O)(O)C(F)(F)F.O=S(=O)(O)C(F)(F)F. The maximum atomic E-state index is 12.0. The Balaban J connectivity index is 0.000000292. The van der Waals surface area contributed by atoms with Crippen LogP contribution >= 0.6 is 23.5 Å². The summed E-state index contributed by atoms with van der Waals surface area (Å²) >= 11 is 3.35. The molecule has 12 nitrogen and oxygen atoms in total. The lowest BCUT2D eigenvalue weighted by molar-refractivity contribution is -0.116. The van der Waals surface area contributed by atoms with Crippen molar-refractivity contribution in [2.45, 2.75) is 36.9 Å². The van der Waals surface area contributed by atoms with Crippen molar-refractivity contribution in [1.82, 2.24) is 9.80 Å². The van der Waals surface area contributed by atoms with Crippen LogP contribution in [-0.2, 0) is 25.0 Å². The number of rotatable bonds is 3. The third kappa shape index (κ3) is 13.9. The largest absolute Gasteiger partial charge is 0.522 e. The first kappa shape index (κ1) is 47.1. The summed E-state index contributed by atoms with van der Waals surface area (Å²) < 4.78 is 115. The van der Waals surface area contributed by atoms with E-state index in [-0.39, 0.29) is 18.0 Å². The number of benzene rings is 1. The van der Waals surface area contributed by atoms with Gasteiger partial charge in [-0.25, -0.2) is 9.98 Å². The number of halogens is 6. The molecule has 0 saturated heterocycles. The zero-order valence-corrected chi connectivity index (χ0v) is 33.2. The summed E-state index contributed by atoms with van der Waals surface area (Å²) in [5.41, 5.74) is -5.48. The third-order valence-corrected chi connectivity index (χ3v) is 9.83. The van der Waals surface area contributed by atoms with Gasteiger partial charge in [-0.05, 0) is 55.4 Å². The zero-order valence-electron chi connectivity index (χ0n) is 29.9. The minimum absolute atomic E-state index is 0.0233. The van der Waals surface area contributed by atoms with Crippen LogP contribution in [0, 0.1) is 0 Å². The Morgan fingerprint density at radius 3 is 1.60 bits per heavy atom. The number of alkyl halides is 6. The van der Waals surface area contributed by atoms with Crippen molar-refractivity contribution in [3.05, 3.63) is 114 Å². The lowest BCUT2D eigenvalue weighted by atomic mass is 10.2. The van der Waals surface area contributed by atoms with E-state index in [1.54, 1.807) is 35.3 Å². The number of nitrogens with zero attached hydrogens (tertiary/aromatic N) is 5. The predicted octanol–water partition coefficient (Wildman–Crippen LogP) is 7.17. The van der Waals surface area contributed by atoms with E-state index in [4.69, 9.17) is 30.9 Å². The van der Waals surface area contributed by atoms with Crippen molar-refractivity contribution in [3.8, 4) is 0 Å². The van der Waals surface area contributed by atoms with Crippen molar-refractivity contribution in [1.29, 1.82) is 0 Å². The fourth-order valence-electron chi connectivity index (χ4n) is 4.43. The molecule has 55 heavy (non-hydrogen) atoms. The number of carbonyl (C=O) groups excluding carboxylic acids is 1. The molecule has 2 N–H and O–H groups in total. The molecule has 302 valence electrons. The van der Waals surface area contributed by atoms with Crippen molar-refractivity contribution in [3.63, 3.8) is 0 Å². The van der Waals surface area contributed by atoms with Crippen molar-refractivity contribution >= 4 is 65.7 Å². The van der Waals surface area contributed by atoms with Gasteiger partial charge in [-0.15, -0.1) is 0 Å². The fourth-order valence-corrected chi connectivity index (χ4v) is 5.63. The topological polar surface area (TPSA) is 160 Å². The standard InChI is InChI=1S/C20H21N3OS.C11H14N2S.2CHF3O3S/c1-15(24)23(17-7-5-4-6-8-17)14-13-16-9-11-18-19(12-10-16)22(2)20(21-18)25-3;1-8-4-6-9-10(7-5-8)13(2)11(12-9)14-3;2*2-1(3,4)8(5,6)7/h4-14,18H,1-3H3;4-7,9H,1-3H3;2*(H,5,6,7). The van der Waals surface area contributed by atoms with E-state index < -0.39 is 31.3 Å². The van der Waals surface area contributed by atoms with E-state index >= 15 is 0 Å². The van der Waals surface area contributed by atoms with Crippen LogP contribution in [0.4, 0.5) is 32.0 Å². The number of fused-ring (bicyclic) bond motifs is 2. The molecule has 0 bridgehead atoms. The summed E-state index contributed by atoms with van der Waals surface area (Å²) in [6.07, 6.45) is 24.7. The summed E-state index contributed by atoms with van der Waals surface area (Å²) in [6, 6.07) is 9.90. The number of amidine groups is 2. The highest BCUT2D eigenvalue weighted by atomic mass is 32.2. The molecule has 2 unspecified atom stereocenters. The van der Waals surface area contributed by atoms with Gasteiger partial charge in [-0.2, -0.15) is 43.2 Å². The second-order valence-corrected chi connectivity index (χ2v) is 15.5. The first-order valence-electron chi connectivity index (χ1n) is 15.3. The highest BCUT2D eigenvalue weighted by Gasteiger charge is 2.45. The lowest BCUT2D eigenvalue weighted by Crippen LogP contribution is -2.21. The summed E-state index contributed by atoms with van der Waals surface area (Å²) in [4.78, 5) is 27.2. The number of hydrogen-bond acceptors (Lipinski definition) is 11. The van der Waals surface area contributed by atoms with E-state index in [1.807, 2.05) is 55.9 Å². The molecule has 22 heteroatoms. The van der Waals surface area contributed by atoms with Crippen LogP contribution in [0.1, 0.15) is 13.8 Å². The highest BCUT2D eigenvalue weighted by Crippen LogP contribution is 2.29. The van der Waals surface area contributed by atoms with Gasteiger partial charge >= 0.3 is 31.3 Å². The molecular formula is C33H37F6N5O7S4. The van der Waals surface area contributed by atoms with Crippen molar-refractivity contribution < 1.29 is 57.1 Å². The van der Waals surface area contributed by atoms with Crippen LogP contribution in [0.2, 0.25) is 0 Å². The predicted molar refractivity (Wildman–Crippen MR) is 205 cm³/mol. The fraction of sp³-hybridized carbons (Fsp3) is 0.303. The van der Waals surface area contributed by atoms with Gasteiger partial charge < -0.3 is 9.80 Å². The number of likely N-dealkylation sites (N-methyl/N-ethyl adjacent to an activating group) is 2. The molecule has 2 aliphatic carbocycles. The molecular weight excluding hydrogens is 821 g/mol. The molecule has 2 aliphatic heterocycles. The highest BCUT2D eigenvalue weighted by molar-refractivity contribution is 8.13. The first-order valence-corrected chi connectivity index (χ1v) is 20.6. The Morgan fingerprint density at radius 1 is 0.782 bits per heavy atom. The van der Waals surface area contributed by atoms with Gasteiger partial charge in [0.1, 0.15) is 12.1 Å². The second kappa shape index (κ2) is 19.7. The van der Waals surface area contributed by atoms with Crippen LogP contribution in [0.3, 0.4) is 0 Å². The van der Waals surface area contributed by atoms with Crippen LogP contribution in [0.15, 0.2) is 124 Å². The van der Waals surface area contributed by atoms with Crippen LogP contribution < -0.4 is 4.90 Å². The maximum absolute atomic E-state index is 12.0.